The van der Waals surface area contributed by atoms with Crippen molar-refractivity contribution in [1.82, 2.24) is 4.90 Å². The van der Waals surface area contributed by atoms with E-state index in [9.17, 15) is 0 Å². The second-order valence-electron chi connectivity index (χ2n) is 4.77. The molecule has 3 N–H and O–H groups in total. The van der Waals surface area contributed by atoms with Gasteiger partial charge in [-0.05, 0) is 37.6 Å². The van der Waals surface area contributed by atoms with Crippen LogP contribution >= 0.6 is 0 Å². The van der Waals surface area contributed by atoms with Crippen LogP contribution in [0.25, 0.3) is 0 Å². The lowest BCUT2D eigenvalue weighted by Crippen LogP contribution is -2.31. The molecule has 106 valence electrons. The van der Waals surface area contributed by atoms with E-state index in [1.165, 1.54) is 5.56 Å². The molecule has 0 amide bonds. The zero-order valence-corrected chi connectivity index (χ0v) is 12.4. The molecule has 0 saturated carbocycles. The van der Waals surface area contributed by atoms with Crippen LogP contribution in [0.15, 0.2) is 18.2 Å². The van der Waals surface area contributed by atoms with Crippen molar-refractivity contribution >= 4 is 5.84 Å². The number of nitrogens with one attached hydrogen (secondary N) is 1. The second kappa shape index (κ2) is 7.14. The van der Waals surface area contributed by atoms with Crippen molar-refractivity contribution in [3.05, 3.63) is 29.3 Å². The lowest BCUT2D eigenvalue weighted by atomic mass is 10.1. The Labute approximate surface area is 116 Å². The van der Waals surface area contributed by atoms with Crippen molar-refractivity contribution in [3.8, 4) is 5.75 Å². The van der Waals surface area contributed by atoms with Gasteiger partial charge in [0.25, 0.3) is 0 Å². The summed E-state index contributed by atoms with van der Waals surface area (Å²) < 4.78 is 5.31. The summed E-state index contributed by atoms with van der Waals surface area (Å²) in [7, 11) is 1.61. The summed E-state index contributed by atoms with van der Waals surface area (Å²) in [6.07, 6.45) is 1.14. The van der Waals surface area contributed by atoms with Crippen LogP contribution in [0.4, 0.5) is 0 Å². The van der Waals surface area contributed by atoms with Crippen molar-refractivity contribution in [3.63, 3.8) is 0 Å². The van der Waals surface area contributed by atoms with Gasteiger partial charge in [-0.25, -0.2) is 0 Å². The number of nitrogen functional groups attached to an aromatic ring is 1. The van der Waals surface area contributed by atoms with Crippen LogP contribution in [0.3, 0.4) is 0 Å². The highest BCUT2D eigenvalue weighted by atomic mass is 16.5. The molecule has 1 atom stereocenters. The fourth-order valence-corrected chi connectivity index (χ4v) is 2.13. The van der Waals surface area contributed by atoms with Crippen LogP contribution < -0.4 is 10.5 Å². The van der Waals surface area contributed by atoms with E-state index in [1.54, 1.807) is 7.11 Å². The highest BCUT2D eigenvalue weighted by Gasteiger charge is 2.12. The van der Waals surface area contributed by atoms with Crippen LogP contribution in [-0.4, -0.2) is 30.4 Å². The van der Waals surface area contributed by atoms with E-state index in [0.717, 1.165) is 19.5 Å². The highest BCUT2D eigenvalue weighted by Crippen LogP contribution is 2.21. The number of rotatable bonds is 7. The zero-order valence-electron chi connectivity index (χ0n) is 12.4. The summed E-state index contributed by atoms with van der Waals surface area (Å²) in [5.74, 6) is 0.711. The van der Waals surface area contributed by atoms with Gasteiger partial charge in [-0.2, -0.15) is 0 Å². The van der Waals surface area contributed by atoms with E-state index in [-0.39, 0.29) is 5.84 Å². The Hall–Kier alpha value is -1.55. The first-order chi connectivity index (χ1) is 9.03. The summed E-state index contributed by atoms with van der Waals surface area (Å²) in [5, 5.41) is 7.51. The summed E-state index contributed by atoms with van der Waals surface area (Å²) in [6.45, 7) is 8.52. The Morgan fingerprint density at radius 1 is 1.42 bits per heavy atom. The zero-order chi connectivity index (χ0) is 14.4. The molecule has 0 aliphatic rings. The topological polar surface area (TPSA) is 62.3 Å². The molecule has 0 bridgehead atoms. The summed E-state index contributed by atoms with van der Waals surface area (Å²) in [4.78, 5) is 2.42. The molecule has 4 heteroatoms. The van der Waals surface area contributed by atoms with Gasteiger partial charge >= 0.3 is 0 Å². The molecule has 0 radical (unpaired) electrons. The number of hydrogen-bond acceptors (Lipinski definition) is 3. The quantitative estimate of drug-likeness (QED) is 0.587. The molecule has 1 aromatic carbocycles. The van der Waals surface area contributed by atoms with Crippen LogP contribution in [0.1, 0.15) is 38.3 Å². The molecule has 0 aromatic heterocycles. The van der Waals surface area contributed by atoms with Crippen molar-refractivity contribution in [2.75, 3.05) is 13.7 Å². The second-order valence-corrected chi connectivity index (χ2v) is 4.77. The number of benzene rings is 1. The number of methoxy groups -OCH3 is 1. The van der Waals surface area contributed by atoms with Crippen molar-refractivity contribution in [1.29, 1.82) is 5.41 Å². The number of ether oxygens (including phenoxy) is 1. The Morgan fingerprint density at radius 3 is 2.58 bits per heavy atom. The van der Waals surface area contributed by atoms with Crippen LogP contribution in [0.2, 0.25) is 0 Å². The van der Waals surface area contributed by atoms with Gasteiger partial charge in [-0.15, -0.1) is 0 Å². The molecule has 0 aliphatic carbocycles. The minimum Gasteiger partial charge on any atom is -0.496 e. The molecule has 4 nitrogen and oxygen atoms in total. The predicted octanol–water partition coefficient (Wildman–Crippen LogP) is 2.60. The maximum Gasteiger partial charge on any atom is 0.130 e. The molecule has 1 unspecified atom stereocenters. The lowest BCUT2D eigenvalue weighted by Gasteiger charge is -2.27. The minimum absolute atomic E-state index is 0.0395. The molecule has 1 rings (SSSR count). The summed E-state index contributed by atoms with van der Waals surface area (Å²) in [6, 6.07) is 6.41. The number of hydrogen-bond donors (Lipinski definition) is 2. The van der Waals surface area contributed by atoms with Gasteiger partial charge in [0.05, 0.1) is 12.7 Å². The molecule has 1 aromatic rings. The van der Waals surface area contributed by atoms with Crippen LogP contribution in [0, 0.1) is 5.41 Å². The third-order valence-electron chi connectivity index (χ3n) is 3.56. The minimum atomic E-state index is 0.0395. The van der Waals surface area contributed by atoms with Crippen molar-refractivity contribution in [2.45, 2.75) is 39.8 Å². The molecule has 0 heterocycles. The normalized spacial score (nSPS) is 12.5. The van der Waals surface area contributed by atoms with E-state index in [0.29, 0.717) is 17.4 Å². The fraction of sp³-hybridized carbons (Fsp3) is 0.533. The molecule has 0 spiro atoms. The first-order valence-electron chi connectivity index (χ1n) is 6.78. The average Bonchev–Trinajstić information content (AvgIpc) is 2.43. The van der Waals surface area contributed by atoms with Crippen LogP contribution in [0.5, 0.6) is 5.75 Å². The molecular formula is C15H25N3O. The number of nitrogens with zero attached hydrogens (tertiary/aromatic N) is 1. The standard InChI is InChI=1S/C15H25N3O/c1-5-11(3)18(6-2)10-12-7-8-13(15(16)17)14(9-12)19-4/h7-9,11H,5-6,10H2,1-4H3,(H3,16,17). The van der Waals surface area contributed by atoms with Gasteiger partial charge in [-0.3, -0.25) is 10.3 Å². The molecular weight excluding hydrogens is 238 g/mol. The molecule has 0 saturated heterocycles. The SMILES string of the molecule is CCC(C)N(CC)Cc1ccc(C(=N)N)c(OC)c1. The largest absolute Gasteiger partial charge is 0.496 e. The fourth-order valence-electron chi connectivity index (χ4n) is 2.13. The van der Waals surface area contributed by atoms with E-state index in [1.807, 2.05) is 18.2 Å². The summed E-state index contributed by atoms with van der Waals surface area (Å²) in [5.41, 5.74) is 7.37. The first-order valence-corrected chi connectivity index (χ1v) is 6.78. The molecule has 0 fully saturated rings. The Morgan fingerprint density at radius 2 is 2.11 bits per heavy atom. The van der Waals surface area contributed by atoms with Gasteiger partial charge in [0.1, 0.15) is 11.6 Å². The monoisotopic (exact) mass is 263 g/mol. The first kappa shape index (κ1) is 15.5. The third-order valence-corrected chi connectivity index (χ3v) is 3.56. The van der Waals surface area contributed by atoms with E-state index in [2.05, 4.69) is 25.7 Å². The van der Waals surface area contributed by atoms with E-state index in [4.69, 9.17) is 15.9 Å². The van der Waals surface area contributed by atoms with Gasteiger partial charge in [0, 0.05) is 12.6 Å². The van der Waals surface area contributed by atoms with Gasteiger partial charge in [0.2, 0.25) is 0 Å². The Kier molecular flexibility index (Phi) is 5.83. The smallest absolute Gasteiger partial charge is 0.130 e. The van der Waals surface area contributed by atoms with Gasteiger partial charge < -0.3 is 10.5 Å². The molecule has 0 aliphatic heterocycles. The van der Waals surface area contributed by atoms with Gasteiger partial charge in [-0.1, -0.05) is 19.9 Å². The number of nitrogens with two attached hydrogens (primary N) is 1. The lowest BCUT2D eigenvalue weighted by molar-refractivity contribution is 0.206. The van der Waals surface area contributed by atoms with Gasteiger partial charge in [0.15, 0.2) is 0 Å². The Bertz CT molecular complexity index is 431. The summed E-state index contributed by atoms with van der Waals surface area (Å²) >= 11 is 0. The molecule has 19 heavy (non-hydrogen) atoms. The van der Waals surface area contributed by atoms with E-state index < -0.39 is 0 Å². The Balaban J connectivity index is 2.93. The maximum absolute atomic E-state index is 7.51. The third kappa shape index (κ3) is 3.96. The number of amidine groups is 1. The van der Waals surface area contributed by atoms with E-state index >= 15 is 0 Å². The van der Waals surface area contributed by atoms with Crippen molar-refractivity contribution in [2.24, 2.45) is 5.73 Å². The van der Waals surface area contributed by atoms with Crippen LogP contribution in [-0.2, 0) is 6.54 Å². The maximum atomic E-state index is 7.51. The average molecular weight is 263 g/mol. The highest BCUT2D eigenvalue weighted by molar-refractivity contribution is 5.97. The van der Waals surface area contributed by atoms with Crippen molar-refractivity contribution < 1.29 is 4.74 Å². The predicted molar refractivity (Wildman–Crippen MR) is 79.8 cm³/mol.